The maximum absolute atomic E-state index is 6.10. The van der Waals surface area contributed by atoms with E-state index in [4.69, 9.17) is 10.2 Å². The second kappa shape index (κ2) is 6.60. The van der Waals surface area contributed by atoms with Gasteiger partial charge in [0.2, 0.25) is 17.7 Å². The Labute approximate surface area is 160 Å². The Kier molecular flexibility index (Phi) is 3.93. The molecule has 1 unspecified atom stereocenters. The van der Waals surface area contributed by atoms with Gasteiger partial charge in [0.1, 0.15) is 5.82 Å². The molecular weight excluding hydrogens is 360 g/mol. The number of anilines is 2. The van der Waals surface area contributed by atoms with E-state index in [9.17, 15) is 0 Å². The molecule has 0 saturated carbocycles. The third-order valence-electron chi connectivity index (χ3n) is 5.02. The van der Waals surface area contributed by atoms with E-state index in [0.717, 1.165) is 32.0 Å². The van der Waals surface area contributed by atoms with E-state index in [1.165, 1.54) is 4.52 Å². The van der Waals surface area contributed by atoms with Gasteiger partial charge >= 0.3 is 0 Å². The highest BCUT2D eigenvalue weighted by Gasteiger charge is 2.25. The molecule has 4 aromatic rings. The molecule has 4 aromatic heterocycles. The molecule has 1 atom stereocenters. The number of aromatic nitrogens is 7. The normalized spacial score (nSPS) is 16.7. The number of hydrogen-bond donors (Lipinski definition) is 2. The highest BCUT2D eigenvalue weighted by atomic mass is 16.3. The van der Waals surface area contributed by atoms with Crippen molar-refractivity contribution in [3.05, 3.63) is 36.6 Å². The predicted molar refractivity (Wildman–Crippen MR) is 101 cm³/mol. The maximum atomic E-state index is 6.10. The molecule has 1 saturated heterocycles. The fourth-order valence-corrected chi connectivity index (χ4v) is 3.43. The van der Waals surface area contributed by atoms with Gasteiger partial charge in [-0.15, -0.1) is 5.10 Å². The molecule has 11 nitrogen and oxygen atoms in total. The van der Waals surface area contributed by atoms with Crippen molar-refractivity contribution in [2.45, 2.75) is 13.0 Å². The zero-order valence-electron chi connectivity index (χ0n) is 15.4. The highest BCUT2D eigenvalue weighted by molar-refractivity contribution is 5.53. The fraction of sp³-hybridized carbons (Fsp3) is 0.353. The second-order valence-electron chi connectivity index (χ2n) is 6.68. The Hall–Kier alpha value is -3.47. The number of nitrogens with two attached hydrogens (primary N) is 1. The molecule has 1 fully saturated rings. The van der Waals surface area contributed by atoms with E-state index < -0.39 is 0 Å². The van der Waals surface area contributed by atoms with Crippen LogP contribution in [0.25, 0.3) is 17.4 Å². The van der Waals surface area contributed by atoms with E-state index >= 15 is 0 Å². The van der Waals surface area contributed by atoms with Gasteiger partial charge < -0.3 is 20.0 Å². The van der Waals surface area contributed by atoms with E-state index in [2.05, 4.69) is 46.7 Å². The molecule has 5 rings (SSSR count). The summed E-state index contributed by atoms with van der Waals surface area (Å²) in [4.78, 5) is 25.4. The number of piperazine rings is 1. The van der Waals surface area contributed by atoms with Crippen molar-refractivity contribution < 1.29 is 4.42 Å². The molecule has 1 aliphatic rings. The van der Waals surface area contributed by atoms with Crippen molar-refractivity contribution in [2.75, 3.05) is 36.8 Å². The maximum Gasteiger partial charge on any atom is 0.259 e. The van der Waals surface area contributed by atoms with Crippen molar-refractivity contribution >= 4 is 17.7 Å². The first-order chi connectivity index (χ1) is 13.7. The van der Waals surface area contributed by atoms with Gasteiger partial charge in [-0.1, -0.05) is 0 Å². The molecule has 0 bridgehead atoms. The van der Waals surface area contributed by atoms with Crippen LogP contribution in [0.3, 0.4) is 0 Å². The molecule has 0 amide bonds. The van der Waals surface area contributed by atoms with Crippen LogP contribution in [0.1, 0.15) is 18.8 Å². The number of imidazole rings is 1. The number of H-pyrrole nitrogens is 1. The number of fused-ring (bicyclic) bond motifs is 1. The Morgan fingerprint density at radius 2 is 2.04 bits per heavy atom. The summed E-state index contributed by atoms with van der Waals surface area (Å²) in [6, 6.07) is 3.81. The number of nitrogens with zero attached hydrogens (tertiary/aromatic N) is 8. The fourth-order valence-electron chi connectivity index (χ4n) is 3.43. The Morgan fingerprint density at radius 1 is 1.18 bits per heavy atom. The minimum absolute atomic E-state index is 0.234. The van der Waals surface area contributed by atoms with E-state index in [1.807, 2.05) is 6.20 Å². The predicted octanol–water partition coefficient (Wildman–Crippen LogP) is 0.968. The molecule has 144 valence electrons. The van der Waals surface area contributed by atoms with Crippen molar-refractivity contribution in [1.29, 1.82) is 0 Å². The molecule has 3 N–H and O–H groups in total. The number of rotatable bonds is 4. The van der Waals surface area contributed by atoms with E-state index in [-0.39, 0.29) is 12.0 Å². The summed E-state index contributed by atoms with van der Waals surface area (Å²) in [5, 5.41) is 4.33. The SMILES string of the molecule is CC(c1ncc[nH]1)N1CCN(c2nc(N)n3nc(-c4ccco4)nc3n2)CC1. The van der Waals surface area contributed by atoms with Crippen LogP contribution in [0, 0.1) is 0 Å². The van der Waals surface area contributed by atoms with Crippen LogP contribution in [-0.4, -0.2) is 65.6 Å². The molecule has 28 heavy (non-hydrogen) atoms. The van der Waals surface area contributed by atoms with Crippen LogP contribution in [-0.2, 0) is 0 Å². The standard InChI is InChI=1S/C17H20N10O/c1-11(13-19-4-5-20-13)25-6-8-26(9-7-25)16-22-15(18)27-17(23-16)21-14(24-27)12-3-2-10-28-12/h2-5,10-11H,6-9H2,1H3,(H,19,20)(H2,18,21,22,23,24). The summed E-state index contributed by atoms with van der Waals surface area (Å²) >= 11 is 0. The van der Waals surface area contributed by atoms with Crippen molar-refractivity contribution in [2.24, 2.45) is 0 Å². The Morgan fingerprint density at radius 3 is 2.75 bits per heavy atom. The molecule has 0 spiro atoms. The monoisotopic (exact) mass is 380 g/mol. The van der Waals surface area contributed by atoms with Crippen LogP contribution in [0.5, 0.6) is 0 Å². The topological polar surface area (TPSA) is 130 Å². The summed E-state index contributed by atoms with van der Waals surface area (Å²) in [5.41, 5.74) is 6.10. The first kappa shape index (κ1) is 16.7. The van der Waals surface area contributed by atoms with E-state index in [0.29, 0.717) is 23.3 Å². The average molecular weight is 380 g/mol. The minimum atomic E-state index is 0.234. The van der Waals surface area contributed by atoms with Gasteiger partial charge in [-0.3, -0.25) is 4.90 Å². The minimum Gasteiger partial charge on any atom is -0.461 e. The summed E-state index contributed by atoms with van der Waals surface area (Å²) in [6.45, 7) is 5.49. The lowest BCUT2D eigenvalue weighted by Crippen LogP contribution is -2.48. The van der Waals surface area contributed by atoms with Crippen LogP contribution in [0.15, 0.2) is 35.2 Å². The summed E-state index contributed by atoms with van der Waals surface area (Å²) in [7, 11) is 0. The first-order valence-corrected chi connectivity index (χ1v) is 9.11. The number of furan rings is 1. The van der Waals surface area contributed by atoms with Crippen LogP contribution >= 0.6 is 0 Å². The number of nitrogens with one attached hydrogen (secondary N) is 1. The van der Waals surface area contributed by atoms with Crippen molar-refractivity contribution in [3.63, 3.8) is 0 Å². The van der Waals surface area contributed by atoms with Gasteiger partial charge in [0.25, 0.3) is 5.78 Å². The van der Waals surface area contributed by atoms with Gasteiger partial charge in [0, 0.05) is 38.6 Å². The summed E-state index contributed by atoms with van der Waals surface area (Å²) in [5.74, 6) is 3.18. The zero-order chi connectivity index (χ0) is 19.1. The number of nitrogen functional groups attached to an aromatic ring is 1. The highest BCUT2D eigenvalue weighted by Crippen LogP contribution is 2.22. The number of hydrogen-bond acceptors (Lipinski definition) is 9. The van der Waals surface area contributed by atoms with Gasteiger partial charge in [-0.05, 0) is 19.1 Å². The van der Waals surface area contributed by atoms with E-state index in [1.54, 1.807) is 24.6 Å². The largest absolute Gasteiger partial charge is 0.461 e. The lowest BCUT2D eigenvalue weighted by Gasteiger charge is -2.37. The molecule has 0 radical (unpaired) electrons. The third-order valence-corrected chi connectivity index (χ3v) is 5.02. The van der Waals surface area contributed by atoms with Crippen LogP contribution in [0.2, 0.25) is 0 Å². The second-order valence-corrected chi connectivity index (χ2v) is 6.68. The van der Waals surface area contributed by atoms with Gasteiger partial charge in [-0.25, -0.2) is 4.98 Å². The van der Waals surface area contributed by atoms with Crippen LogP contribution < -0.4 is 10.6 Å². The first-order valence-electron chi connectivity index (χ1n) is 9.11. The molecule has 0 aliphatic carbocycles. The lowest BCUT2D eigenvalue weighted by atomic mass is 10.2. The van der Waals surface area contributed by atoms with Crippen molar-refractivity contribution in [3.8, 4) is 11.6 Å². The van der Waals surface area contributed by atoms with Gasteiger partial charge in [0.15, 0.2) is 5.76 Å². The molecule has 0 aromatic carbocycles. The number of aromatic amines is 1. The Bertz CT molecular complexity index is 1060. The van der Waals surface area contributed by atoms with Gasteiger partial charge in [0.05, 0.1) is 12.3 Å². The smallest absolute Gasteiger partial charge is 0.259 e. The summed E-state index contributed by atoms with van der Waals surface area (Å²) < 4.78 is 6.78. The molecular formula is C17H20N10O. The van der Waals surface area contributed by atoms with Gasteiger partial charge in [-0.2, -0.15) is 19.5 Å². The van der Waals surface area contributed by atoms with Crippen LogP contribution in [0.4, 0.5) is 11.9 Å². The lowest BCUT2D eigenvalue weighted by molar-refractivity contribution is 0.191. The zero-order valence-corrected chi connectivity index (χ0v) is 15.4. The average Bonchev–Trinajstić information content (AvgIpc) is 3.48. The Balaban J connectivity index is 1.35. The molecule has 5 heterocycles. The molecule has 1 aliphatic heterocycles. The molecule has 11 heteroatoms. The summed E-state index contributed by atoms with van der Waals surface area (Å²) in [6.07, 6.45) is 5.21. The third kappa shape index (κ3) is 2.85. The van der Waals surface area contributed by atoms with Crippen molar-refractivity contribution in [1.82, 2.24) is 39.4 Å². The quantitative estimate of drug-likeness (QED) is 0.531.